The van der Waals surface area contributed by atoms with Crippen LogP contribution >= 0.6 is 0 Å². The van der Waals surface area contributed by atoms with Crippen LogP contribution in [0.5, 0.6) is 0 Å². The molecule has 0 aliphatic heterocycles. The summed E-state index contributed by atoms with van der Waals surface area (Å²) in [4.78, 5) is 13.6. The van der Waals surface area contributed by atoms with Gasteiger partial charge >= 0.3 is 6.09 Å². The van der Waals surface area contributed by atoms with E-state index < -0.39 is 24.6 Å². The number of amides is 1. The highest BCUT2D eigenvalue weighted by molar-refractivity contribution is 5.68. The zero-order valence-corrected chi connectivity index (χ0v) is 12.4. The summed E-state index contributed by atoms with van der Waals surface area (Å²) in [6.45, 7) is 4.20. The van der Waals surface area contributed by atoms with E-state index >= 15 is 0 Å². The molecule has 0 heterocycles. The first-order valence-corrected chi connectivity index (χ1v) is 6.73. The number of aliphatic hydroxyl groups is 1. The fourth-order valence-corrected chi connectivity index (χ4v) is 1.56. The van der Waals surface area contributed by atoms with Crippen LogP contribution in [0.3, 0.4) is 0 Å². The highest BCUT2D eigenvalue weighted by Gasteiger charge is 2.21. The van der Waals surface area contributed by atoms with Crippen LogP contribution in [-0.2, 0) is 11.3 Å². The van der Waals surface area contributed by atoms with Gasteiger partial charge in [0.25, 0.3) is 0 Å². The van der Waals surface area contributed by atoms with Gasteiger partial charge in [0.1, 0.15) is 5.60 Å². The van der Waals surface area contributed by atoms with Crippen molar-refractivity contribution in [2.24, 2.45) is 0 Å². The predicted molar refractivity (Wildman–Crippen MR) is 79.4 cm³/mol. The van der Waals surface area contributed by atoms with Crippen molar-refractivity contribution in [1.29, 1.82) is 0 Å². The van der Waals surface area contributed by atoms with E-state index in [1.807, 2.05) is 30.3 Å². The summed E-state index contributed by atoms with van der Waals surface area (Å²) in [6.07, 6.45) is -1.37. The number of nitrogens with zero attached hydrogens (tertiary/aromatic N) is 1. The number of aliphatic hydroxyl groups excluding tert-OH is 1. The molecule has 1 N–H and O–H groups in total. The maximum absolute atomic E-state index is 12.4. The molecule has 0 aromatic heterocycles. The Morgan fingerprint density at radius 2 is 2.00 bits per heavy atom. The summed E-state index contributed by atoms with van der Waals surface area (Å²) in [5, 5.41) is 8.94. The molecule has 1 rings (SSSR count). The molecule has 4 nitrogen and oxygen atoms in total. The van der Waals surface area contributed by atoms with Gasteiger partial charge < -0.3 is 14.7 Å². The first-order chi connectivity index (χ1) is 10.2. The number of carbonyl (C=O) groups is 1. The lowest BCUT2D eigenvalue weighted by Gasteiger charge is -2.27. The van der Waals surface area contributed by atoms with Gasteiger partial charge in [0, 0.05) is 22.4 Å². The summed E-state index contributed by atoms with van der Waals surface area (Å²) >= 11 is 0. The Balaban J connectivity index is 2.91. The Bertz CT molecular complexity index is 462. The van der Waals surface area contributed by atoms with E-state index in [4.69, 9.17) is 12.6 Å². The van der Waals surface area contributed by atoms with Crippen LogP contribution in [0.2, 0.25) is 0 Å². The quantitative estimate of drug-likeness (QED) is 0.871. The van der Waals surface area contributed by atoms with Crippen LogP contribution < -0.4 is 0 Å². The topological polar surface area (TPSA) is 49.8 Å². The number of carbonyl (C=O) groups excluding carboxylic acids is 1. The number of ether oxygens (including phenoxy) is 1. The minimum atomic E-state index is -1.10. The van der Waals surface area contributed by atoms with Gasteiger partial charge in [-0.25, -0.2) is 4.79 Å². The van der Waals surface area contributed by atoms with Crippen molar-refractivity contribution < 1.29 is 17.4 Å². The fraction of sp³-hybridized carbons (Fsp3) is 0.562. The van der Waals surface area contributed by atoms with Crippen molar-refractivity contribution in [3.63, 3.8) is 0 Å². The van der Waals surface area contributed by atoms with E-state index in [-0.39, 0.29) is 19.6 Å². The average molecular weight is 281 g/mol. The van der Waals surface area contributed by atoms with E-state index in [1.54, 1.807) is 20.8 Å². The molecule has 2 atom stereocenters. The van der Waals surface area contributed by atoms with Gasteiger partial charge in [-0.3, -0.25) is 0 Å². The Kier molecular flexibility index (Phi) is 5.31. The molecule has 4 heteroatoms. The summed E-state index contributed by atoms with van der Waals surface area (Å²) < 4.78 is 21.4. The maximum Gasteiger partial charge on any atom is 0.410 e. The van der Waals surface area contributed by atoms with Crippen LogP contribution in [0.15, 0.2) is 30.3 Å². The lowest BCUT2D eigenvalue weighted by molar-refractivity contribution is 0.0228. The average Bonchev–Trinajstić information content (AvgIpc) is 2.43. The molecule has 0 saturated heterocycles. The molecule has 112 valence electrons. The van der Waals surface area contributed by atoms with Crippen LogP contribution in [0.4, 0.5) is 4.79 Å². The zero-order chi connectivity index (χ0) is 16.8. The second kappa shape index (κ2) is 7.90. The van der Waals surface area contributed by atoms with Crippen molar-refractivity contribution in [1.82, 2.24) is 4.90 Å². The highest BCUT2D eigenvalue weighted by atomic mass is 16.6. The molecule has 0 spiro atoms. The monoisotopic (exact) mass is 281 g/mol. The summed E-state index contributed by atoms with van der Waals surface area (Å²) in [5.74, 6) is 0. The summed E-state index contributed by atoms with van der Waals surface area (Å²) in [6, 6.07) is 9.30. The summed E-state index contributed by atoms with van der Waals surface area (Å²) in [5.41, 5.74) is 0.196. The molecule has 0 aliphatic rings. The van der Waals surface area contributed by atoms with Gasteiger partial charge in [-0.05, 0) is 39.2 Å². The second-order valence-corrected chi connectivity index (χ2v) is 5.49. The van der Waals surface area contributed by atoms with E-state index in [0.29, 0.717) is 0 Å². The molecule has 0 saturated carbocycles. The number of hydrogen-bond acceptors (Lipinski definition) is 3. The van der Waals surface area contributed by atoms with Crippen molar-refractivity contribution >= 4 is 6.09 Å². The van der Waals surface area contributed by atoms with Gasteiger partial charge in [-0.1, -0.05) is 30.3 Å². The minimum Gasteiger partial charge on any atom is -0.444 e. The third-order valence-corrected chi connectivity index (χ3v) is 2.40. The smallest absolute Gasteiger partial charge is 0.410 e. The SMILES string of the molecule is [2H][C@@H](CCO)[C@H]([2H])N(Cc1ccccc1)C(=O)OC(C)(C)C. The minimum absolute atomic E-state index is 0.141. The zero-order valence-electron chi connectivity index (χ0n) is 14.4. The van der Waals surface area contributed by atoms with E-state index in [0.717, 1.165) is 5.56 Å². The molecule has 0 fully saturated rings. The molecule has 1 aromatic carbocycles. The molecule has 0 unspecified atom stereocenters. The van der Waals surface area contributed by atoms with Gasteiger partial charge in [-0.2, -0.15) is 0 Å². The first kappa shape index (κ1) is 13.4. The van der Waals surface area contributed by atoms with Crippen molar-refractivity contribution in [2.75, 3.05) is 13.1 Å². The second-order valence-electron chi connectivity index (χ2n) is 5.49. The van der Waals surface area contributed by atoms with Crippen LogP contribution in [0, 0.1) is 0 Å². The van der Waals surface area contributed by atoms with E-state index in [9.17, 15) is 4.79 Å². The van der Waals surface area contributed by atoms with Gasteiger partial charge in [0.2, 0.25) is 0 Å². The number of benzene rings is 1. The van der Waals surface area contributed by atoms with Crippen molar-refractivity contribution in [2.45, 2.75) is 45.7 Å². The largest absolute Gasteiger partial charge is 0.444 e. The highest BCUT2D eigenvalue weighted by Crippen LogP contribution is 2.13. The molecule has 20 heavy (non-hydrogen) atoms. The third-order valence-electron chi connectivity index (χ3n) is 2.40. The summed E-state index contributed by atoms with van der Waals surface area (Å²) in [7, 11) is 0. The Morgan fingerprint density at radius 3 is 2.55 bits per heavy atom. The molecule has 1 amide bonds. The molecule has 1 aromatic rings. The normalized spacial score (nSPS) is 15.8. The molecule has 0 bridgehead atoms. The number of rotatable bonds is 6. The van der Waals surface area contributed by atoms with Gasteiger partial charge in [-0.15, -0.1) is 0 Å². The fourth-order valence-electron chi connectivity index (χ4n) is 1.56. The van der Waals surface area contributed by atoms with Crippen molar-refractivity contribution in [3.05, 3.63) is 35.9 Å². The van der Waals surface area contributed by atoms with Crippen LogP contribution in [0.1, 0.15) is 41.9 Å². The molecule has 0 radical (unpaired) electrons. The third kappa shape index (κ3) is 6.57. The number of hydrogen-bond donors (Lipinski definition) is 1. The Hall–Kier alpha value is -1.55. The van der Waals surface area contributed by atoms with Crippen LogP contribution in [-0.4, -0.2) is 34.8 Å². The van der Waals surface area contributed by atoms with Crippen molar-refractivity contribution in [3.8, 4) is 0 Å². The molecule has 0 aliphatic carbocycles. The van der Waals surface area contributed by atoms with Crippen LogP contribution in [0.25, 0.3) is 0 Å². The van der Waals surface area contributed by atoms with E-state index in [1.165, 1.54) is 4.90 Å². The Morgan fingerprint density at radius 1 is 1.35 bits per heavy atom. The first-order valence-electron chi connectivity index (χ1n) is 7.89. The maximum atomic E-state index is 12.4. The predicted octanol–water partition coefficient (Wildman–Crippen LogP) is 3.20. The Labute approximate surface area is 124 Å². The standard InChI is InChI=1S/C16H25NO3/c1-16(2,3)20-15(19)17(11-7-8-12-18)13-14-9-5-4-6-10-14/h4-6,9-10,18H,7-8,11-13H2,1-3H3/i7D,11D/t7-,11-/m0/s1. The van der Waals surface area contributed by atoms with Gasteiger partial charge in [0.15, 0.2) is 0 Å². The van der Waals surface area contributed by atoms with Gasteiger partial charge in [0.05, 0.1) is 0 Å². The lowest BCUT2D eigenvalue weighted by atomic mass is 10.2. The molecular weight excluding hydrogens is 254 g/mol. The lowest BCUT2D eigenvalue weighted by Crippen LogP contribution is -2.37. The van der Waals surface area contributed by atoms with E-state index in [2.05, 4.69) is 0 Å². The molecular formula is C16H25NO3.